The summed E-state index contributed by atoms with van der Waals surface area (Å²) in [5, 5.41) is 3.22. The molecule has 0 atom stereocenters. The number of nitrogens with two attached hydrogens (primary N) is 1. The van der Waals surface area contributed by atoms with E-state index in [1.165, 1.54) is 0 Å². The molecule has 0 aliphatic rings. The molecule has 1 heterocycles. The highest BCUT2D eigenvalue weighted by Crippen LogP contribution is 2.26. The van der Waals surface area contributed by atoms with E-state index < -0.39 is 0 Å². The molecule has 25 heavy (non-hydrogen) atoms. The molecule has 0 aliphatic carbocycles. The fourth-order valence-corrected chi connectivity index (χ4v) is 2.30. The van der Waals surface area contributed by atoms with Crippen LogP contribution in [0.2, 0.25) is 0 Å². The van der Waals surface area contributed by atoms with Crippen LogP contribution >= 0.6 is 15.9 Å². The number of rotatable bonds is 4. The number of benzene rings is 2. The number of nitrogens with one attached hydrogen (secondary N) is 1. The third-order valence-corrected chi connectivity index (χ3v) is 3.74. The molecule has 0 spiro atoms. The zero-order valence-corrected chi connectivity index (χ0v) is 14.8. The van der Waals surface area contributed by atoms with Gasteiger partial charge in [-0.1, -0.05) is 30.0 Å². The molecule has 0 amide bonds. The van der Waals surface area contributed by atoms with Gasteiger partial charge in [-0.15, -0.1) is 0 Å². The number of nitrogens with zero attached hydrogens (tertiary/aromatic N) is 2. The van der Waals surface area contributed by atoms with Crippen LogP contribution in [0.3, 0.4) is 0 Å². The summed E-state index contributed by atoms with van der Waals surface area (Å²) in [4.78, 5) is 8.58. The van der Waals surface area contributed by atoms with Crippen molar-refractivity contribution in [2.24, 2.45) is 5.73 Å². The highest BCUT2D eigenvalue weighted by atomic mass is 79.9. The summed E-state index contributed by atoms with van der Waals surface area (Å²) in [7, 11) is 0. The van der Waals surface area contributed by atoms with Gasteiger partial charge in [0.25, 0.3) is 0 Å². The van der Waals surface area contributed by atoms with Crippen LogP contribution in [-0.4, -0.2) is 16.5 Å². The van der Waals surface area contributed by atoms with E-state index in [1.807, 2.05) is 54.6 Å². The number of halogens is 1. The Bertz CT molecular complexity index is 902. The maximum atomic E-state index is 5.72. The second kappa shape index (κ2) is 8.29. The van der Waals surface area contributed by atoms with Crippen molar-refractivity contribution < 1.29 is 4.74 Å². The molecule has 124 valence electrons. The Hall–Kier alpha value is -2.88. The molecule has 3 N–H and O–H groups in total. The zero-order valence-electron chi connectivity index (χ0n) is 13.2. The number of para-hydroxylation sites is 1. The van der Waals surface area contributed by atoms with E-state index in [2.05, 4.69) is 43.1 Å². The second-order valence-corrected chi connectivity index (χ2v) is 5.83. The molecule has 2 aromatic carbocycles. The highest BCUT2D eigenvalue weighted by molar-refractivity contribution is 9.10. The predicted octanol–water partition coefficient (Wildman–Crippen LogP) is 4.09. The van der Waals surface area contributed by atoms with Crippen molar-refractivity contribution in [3.05, 3.63) is 70.8 Å². The molecular formula is C19H15BrN4O. The van der Waals surface area contributed by atoms with Gasteiger partial charge in [0.15, 0.2) is 5.82 Å². The number of anilines is 2. The fourth-order valence-electron chi connectivity index (χ4n) is 2.01. The van der Waals surface area contributed by atoms with Gasteiger partial charge in [-0.05, 0) is 52.3 Å². The van der Waals surface area contributed by atoms with Crippen LogP contribution in [0.5, 0.6) is 11.8 Å². The molecule has 3 aromatic rings. The monoisotopic (exact) mass is 394 g/mol. The van der Waals surface area contributed by atoms with E-state index in [0.717, 1.165) is 15.7 Å². The molecule has 0 saturated heterocycles. The fraction of sp³-hybridized carbons (Fsp3) is 0.0526. The minimum absolute atomic E-state index is 0.252. The van der Waals surface area contributed by atoms with Gasteiger partial charge in [-0.3, -0.25) is 0 Å². The standard InChI is InChI=1S/C19H15BrN4O/c20-17-13-22-19(24-18(17)23-15-6-2-1-3-7-15)25-16-10-8-14(9-11-16)5-4-12-21/h1-3,6-11,13H,12,21H2,(H,22,23,24). The Morgan fingerprint density at radius 3 is 2.56 bits per heavy atom. The van der Waals surface area contributed by atoms with Gasteiger partial charge in [0.2, 0.25) is 0 Å². The molecular weight excluding hydrogens is 380 g/mol. The summed E-state index contributed by atoms with van der Waals surface area (Å²) < 4.78 is 6.46. The Balaban J connectivity index is 1.75. The third-order valence-electron chi connectivity index (χ3n) is 3.16. The summed E-state index contributed by atoms with van der Waals surface area (Å²) in [6.07, 6.45) is 1.65. The molecule has 6 heteroatoms. The summed E-state index contributed by atoms with van der Waals surface area (Å²) in [5.74, 6) is 7.03. The number of ether oxygens (including phenoxy) is 1. The molecule has 3 rings (SSSR count). The van der Waals surface area contributed by atoms with Crippen LogP contribution < -0.4 is 15.8 Å². The largest absolute Gasteiger partial charge is 0.424 e. The van der Waals surface area contributed by atoms with Gasteiger partial charge in [-0.25, -0.2) is 4.98 Å². The van der Waals surface area contributed by atoms with Crippen molar-refractivity contribution in [3.8, 4) is 23.6 Å². The molecule has 0 radical (unpaired) electrons. The lowest BCUT2D eigenvalue weighted by Gasteiger charge is -2.09. The van der Waals surface area contributed by atoms with Gasteiger partial charge in [0.1, 0.15) is 5.75 Å². The smallest absolute Gasteiger partial charge is 0.323 e. The van der Waals surface area contributed by atoms with Crippen molar-refractivity contribution >= 4 is 27.4 Å². The van der Waals surface area contributed by atoms with Crippen molar-refractivity contribution in [2.45, 2.75) is 0 Å². The van der Waals surface area contributed by atoms with Crippen molar-refractivity contribution in [1.82, 2.24) is 9.97 Å². The summed E-state index contributed by atoms with van der Waals surface area (Å²) >= 11 is 3.44. The summed E-state index contributed by atoms with van der Waals surface area (Å²) in [6.45, 7) is 0.335. The molecule has 0 bridgehead atoms. The molecule has 0 aliphatic heterocycles. The summed E-state index contributed by atoms with van der Waals surface area (Å²) in [6, 6.07) is 17.4. The third kappa shape index (κ3) is 4.80. The van der Waals surface area contributed by atoms with Crippen LogP contribution in [-0.2, 0) is 0 Å². The van der Waals surface area contributed by atoms with Crippen LogP contribution in [0.1, 0.15) is 5.56 Å². The highest BCUT2D eigenvalue weighted by Gasteiger charge is 2.07. The van der Waals surface area contributed by atoms with Crippen molar-refractivity contribution in [2.75, 3.05) is 11.9 Å². The van der Waals surface area contributed by atoms with Crippen molar-refractivity contribution in [1.29, 1.82) is 0 Å². The average molecular weight is 395 g/mol. The van der Waals surface area contributed by atoms with Crippen LogP contribution in [0.25, 0.3) is 0 Å². The maximum Gasteiger partial charge on any atom is 0.323 e. The second-order valence-electron chi connectivity index (χ2n) is 4.97. The molecule has 0 fully saturated rings. The van der Waals surface area contributed by atoms with Gasteiger partial charge in [0.05, 0.1) is 17.2 Å². The SMILES string of the molecule is NCC#Cc1ccc(Oc2ncc(Br)c(Nc3ccccc3)n2)cc1. The minimum Gasteiger partial charge on any atom is -0.424 e. The normalized spacial score (nSPS) is 9.84. The van der Waals surface area contributed by atoms with Gasteiger partial charge >= 0.3 is 6.01 Å². The van der Waals surface area contributed by atoms with E-state index in [4.69, 9.17) is 10.5 Å². The lowest BCUT2D eigenvalue weighted by atomic mass is 10.2. The van der Waals surface area contributed by atoms with E-state index in [0.29, 0.717) is 18.1 Å². The first-order chi connectivity index (χ1) is 12.2. The van der Waals surface area contributed by atoms with E-state index in [-0.39, 0.29) is 6.01 Å². The number of aromatic nitrogens is 2. The van der Waals surface area contributed by atoms with Crippen molar-refractivity contribution in [3.63, 3.8) is 0 Å². The first-order valence-electron chi connectivity index (χ1n) is 7.56. The topological polar surface area (TPSA) is 73.1 Å². The molecule has 5 nitrogen and oxygen atoms in total. The minimum atomic E-state index is 0.252. The maximum absolute atomic E-state index is 5.72. The van der Waals surface area contributed by atoms with Crippen LogP contribution in [0.15, 0.2) is 65.3 Å². The van der Waals surface area contributed by atoms with Crippen LogP contribution in [0.4, 0.5) is 11.5 Å². The lowest BCUT2D eigenvalue weighted by Crippen LogP contribution is -1.99. The quantitative estimate of drug-likeness (QED) is 0.652. The number of hydrogen-bond donors (Lipinski definition) is 2. The van der Waals surface area contributed by atoms with E-state index in [1.54, 1.807) is 6.20 Å². The summed E-state index contributed by atoms with van der Waals surface area (Å²) in [5.41, 5.74) is 7.17. The van der Waals surface area contributed by atoms with Gasteiger partial charge in [-0.2, -0.15) is 4.98 Å². The average Bonchev–Trinajstić information content (AvgIpc) is 2.65. The van der Waals surface area contributed by atoms with Gasteiger partial charge in [0, 0.05) is 11.3 Å². The molecule has 0 saturated carbocycles. The van der Waals surface area contributed by atoms with Gasteiger partial charge < -0.3 is 15.8 Å². The Morgan fingerprint density at radius 1 is 1.08 bits per heavy atom. The van der Waals surface area contributed by atoms with Crippen LogP contribution in [0, 0.1) is 11.8 Å². The van der Waals surface area contributed by atoms with E-state index in [9.17, 15) is 0 Å². The molecule has 1 aromatic heterocycles. The first kappa shape index (κ1) is 17.0. The Kier molecular flexibility index (Phi) is 5.62. The number of hydrogen-bond acceptors (Lipinski definition) is 5. The Labute approximate surface area is 154 Å². The van der Waals surface area contributed by atoms with E-state index >= 15 is 0 Å². The first-order valence-corrected chi connectivity index (χ1v) is 8.35. The predicted molar refractivity (Wildman–Crippen MR) is 102 cm³/mol. The Morgan fingerprint density at radius 2 is 1.84 bits per heavy atom. The zero-order chi connectivity index (χ0) is 17.5. The molecule has 0 unspecified atom stereocenters. The lowest BCUT2D eigenvalue weighted by molar-refractivity contribution is 0.442.